The van der Waals surface area contributed by atoms with Gasteiger partial charge in [0.15, 0.2) is 0 Å². The number of carbonyl (C=O) groups excluding carboxylic acids is 1. The van der Waals surface area contributed by atoms with E-state index >= 15 is 0 Å². The van der Waals surface area contributed by atoms with Crippen LogP contribution in [-0.2, 0) is 0 Å². The summed E-state index contributed by atoms with van der Waals surface area (Å²) in [5.41, 5.74) is -4.50. The van der Waals surface area contributed by atoms with Gasteiger partial charge in [0.1, 0.15) is 0 Å². The van der Waals surface area contributed by atoms with Crippen molar-refractivity contribution in [1.29, 1.82) is 0 Å². The van der Waals surface area contributed by atoms with Crippen LogP contribution in [0.2, 0.25) is 0 Å². The highest BCUT2D eigenvalue weighted by Crippen LogP contribution is 2.37. The number of carboxylic acid groups (broad SMARTS) is 1. The molecule has 2 aromatic carbocycles. The molecule has 1 amide bonds. The Morgan fingerprint density at radius 2 is 1.74 bits per heavy atom. The van der Waals surface area contributed by atoms with Gasteiger partial charge in [-0.25, -0.2) is 4.79 Å². The molecule has 2 N–H and O–H groups in total. The fourth-order valence-electron chi connectivity index (χ4n) is 1.81. The highest BCUT2D eigenvalue weighted by atomic mass is 32.2. The van der Waals surface area contributed by atoms with E-state index in [0.29, 0.717) is 0 Å². The van der Waals surface area contributed by atoms with Crippen LogP contribution in [0.3, 0.4) is 0 Å². The Labute approximate surface area is 133 Å². The first-order chi connectivity index (χ1) is 10.8. The van der Waals surface area contributed by atoms with Crippen LogP contribution in [0, 0.1) is 0 Å². The number of halogens is 3. The molecule has 2 rings (SSSR count). The summed E-state index contributed by atoms with van der Waals surface area (Å²) < 4.78 is 37.1. The van der Waals surface area contributed by atoms with Gasteiger partial charge in [-0.15, -0.1) is 0 Å². The Morgan fingerprint density at radius 3 is 2.39 bits per heavy atom. The summed E-state index contributed by atoms with van der Waals surface area (Å²) in [4.78, 5) is 23.1. The predicted molar refractivity (Wildman–Crippen MR) is 79.7 cm³/mol. The number of carbonyl (C=O) groups is 2. The Bertz CT molecular complexity index is 747. The van der Waals surface area contributed by atoms with E-state index < -0.39 is 17.4 Å². The van der Waals surface area contributed by atoms with Crippen molar-refractivity contribution in [3.8, 4) is 0 Å². The van der Waals surface area contributed by atoms with Crippen LogP contribution in [0.15, 0.2) is 53.4 Å². The van der Waals surface area contributed by atoms with Crippen LogP contribution < -0.4 is 5.32 Å². The molecule has 0 spiro atoms. The second-order valence-corrected chi connectivity index (χ2v) is 5.52. The first-order valence-corrected chi connectivity index (χ1v) is 7.07. The summed E-state index contributed by atoms with van der Waals surface area (Å²) in [6.07, 6.45) is 0. The van der Waals surface area contributed by atoms with E-state index in [-0.39, 0.29) is 33.5 Å². The Morgan fingerprint density at radius 1 is 1.04 bits per heavy atom. The SMILES string of the molecule is O=C(Nc1ccccc1C(=O)O)c1cccc(SC(F)(F)F)c1. The molecule has 8 heteroatoms. The quantitative estimate of drug-likeness (QED) is 0.816. The van der Waals surface area contributed by atoms with Gasteiger partial charge in [-0.05, 0) is 42.1 Å². The lowest BCUT2D eigenvalue weighted by Gasteiger charge is -2.10. The van der Waals surface area contributed by atoms with Crippen LogP contribution in [0.25, 0.3) is 0 Å². The van der Waals surface area contributed by atoms with Gasteiger partial charge in [0, 0.05) is 10.5 Å². The second-order valence-electron chi connectivity index (χ2n) is 4.38. The number of alkyl halides is 3. The smallest absolute Gasteiger partial charge is 0.446 e. The topological polar surface area (TPSA) is 66.4 Å². The van der Waals surface area contributed by atoms with E-state index in [4.69, 9.17) is 5.11 Å². The van der Waals surface area contributed by atoms with Crippen molar-refractivity contribution in [2.75, 3.05) is 5.32 Å². The average Bonchev–Trinajstić information content (AvgIpc) is 2.46. The highest BCUT2D eigenvalue weighted by Gasteiger charge is 2.29. The molecule has 0 saturated heterocycles. The number of hydrogen-bond donors (Lipinski definition) is 2. The first kappa shape index (κ1) is 16.9. The summed E-state index contributed by atoms with van der Waals surface area (Å²) in [5.74, 6) is -1.91. The molecule has 0 bridgehead atoms. The molecule has 0 aliphatic carbocycles. The van der Waals surface area contributed by atoms with Crippen LogP contribution in [0.1, 0.15) is 20.7 Å². The summed E-state index contributed by atoms with van der Waals surface area (Å²) in [5, 5.41) is 11.4. The number of aromatic carboxylic acids is 1. The third-order valence-corrected chi connectivity index (χ3v) is 3.46. The standard InChI is InChI=1S/C15H10F3NO3S/c16-15(17,18)23-10-5-3-4-9(8-10)13(20)19-12-7-2-1-6-11(12)14(21)22/h1-8H,(H,19,20)(H,21,22). The number of nitrogens with one attached hydrogen (secondary N) is 1. The molecule has 0 radical (unpaired) electrons. The molecule has 0 aliphatic rings. The summed E-state index contributed by atoms with van der Waals surface area (Å²) in [6, 6.07) is 10.8. The van der Waals surface area contributed by atoms with Gasteiger partial charge in [-0.3, -0.25) is 4.79 Å². The maximum absolute atomic E-state index is 12.4. The van der Waals surface area contributed by atoms with Crippen molar-refractivity contribution in [3.63, 3.8) is 0 Å². The molecule has 23 heavy (non-hydrogen) atoms. The third kappa shape index (κ3) is 4.75. The van der Waals surface area contributed by atoms with Crippen molar-refractivity contribution in [2.45, 2.75) is 10.4 Å². The first-order valence-electron chi connectivity index (χ1n) is 6.26. The molecular formula is C15H10F3NO3S. The molecule has 0 heterocycles. The van der Waals surface area contributed by atoms with Gasteiger partial charge < -0.3 is 10.4 Å². The van der Waals surface area contributed by atoms with E-state index in [1.165, 1.54) is 42.5 Å². The minimum Gasteiger partial charge on any atom is -0.478 e. The Balaban J connectivity index is 2.22. The van der Waals surface area contributed by atoms with Crippen LogP contribution >= 0.6 is 11.8 Å². The fourth-order valence-corrected chi connectivity index (χ4v) is 2.41. The van der Waals surface area contributed by atoms with E-state index in [1.54, 1.807) is 0 Å². The predicted octanol–water partition coefficient (Wildman–Crippen LogP) is 4.25. The minimum absolute atomic E-state index is 0.000517. The van der Waals surface area contributed by atoms with Gasteiger partial charge in [0.25, 0.3) is 5.91 Å². The second kappa shape index (κ2) is 6.74. The zero-order chi connectivity index (χ0) is 17.0. The molecule has 2 aromatic rings. The lowest BCUT2D eigenvalue weighted by atomic mass is 10.1. The maximum atomic E-state index is 12.4. The molecule has 0 aromatic heterocycles. The molecule has 4 nitrogen and oxygen atoms in total. The van der Waals surface area contributed by atoms with Crippen molar-refractivity contribution in [3.05, 3.63) is 59.7 Å². The van der Waals surface area contributed by atoms with E-state index in [1.807, 2.05) is 0 Å². The third-order valence-electron chi connectivity index (χ3n) is 2.74. The van der Waals surface area contributed by atoms with E-state index in [9.17, 15) is 22.8 Å². The largest absolute Gasteiger partial charge is 0.478 e. The molecule has 0 saturated carbocycles. The van der Waals surface area contributed by atoms with Crippen molar-refractivity contribution < 1.29 is 27.9 Å². The zero-order valence-electron chi connectivity index (χ0n) is 11.4. The number of carboxylic acids is 1. The highest BCUT2D eigenvalue weighted by molar-refractivity contribution is 8.00. The Kier molecular flexibility index (Phi) is 4.95. The summed E-state index contributed by atoms with van der Waals surface area (Å²) in [6.45, 7) is 0. The Hall–Kier alpha value is -2.48. The van der Waals surface area contributed by atoms with Gasteiger partial charge >= 0.3 is 11.5 Å². The molecule has 120 valence electrons. The van der Waals surface area contributed by atoms with Crippen molar-refractivity contribution in [2.24, 2.45) is 0 Å². The lowest BCUT2D eigenvalue weighted by Crippen LogP contribution is -2.14. The lowest BCUT2D eigenvalue weighted by molar-refractivity contribution is -0.0328. The minimum atomic E-state index is -4.45. The van der Waals surface area contributed by atoms with Crippen LogP contribution in [0.5, 0.6) is 0 Å². The molecule has 0 atom stereocenters. The van der Waals surface area contributed by atoms with E-state index in [0.717, 1.165) is 6.07 Å². The zero-order valence-corrected chi connectivity index (χ0v) is 12.2. The number of benzene rings is 2. The number of thioether (sulfide) groups is 1. The summed E-state index contributed by atoms with van der Waals surface area (Å²) in [7, 11) is 0. The van der Waals surface area contributed by atoms with Gasteiger partial charge in [-0.2, -0.15) is 13.2 Å². The maximum Gasteiger partial charge on any atom is 0.446 e. The number of para-hydroxylation sites is 1. The fraction of sp³-hybridized carbons (Fsp3) is 0.0667. The van der Waals surface area contributed by atoms with Gasteiger partial charge in [0.05, 0.1) is 11.3 Å². The molecule has 0 aliphatic heterocycles. The number of amides is 1. The van der Waals surface area contributed by atoms with Crippen LogP contribution in [-0.4, -0.2) is 22.5 Å². The van der Waals surface area contributed by atoms with E-state index in [2.05, 4.69) is 5.32 Å². The molecular weight excluding hydrogens is 331 g/mol. The number of rotatable bonds is 4. The molecule has 0 fully saturated rings. The normalized spacial score (nSPS) is 11.1. The number of anilines is 1. The summed E-state index contributed by atoms with van der Waals surface area (Å²) >= 11 is -0.327. The van der Waals surface area contributed by atoms with Gasteiger partial charge in [0.2, 0.25) is 0 Å². The average molecular weight is 341 g/mol. The van der Waals surface area contributed by atoms with Crippen molar-refractivity contribution >= 4 is 29.3 Å². The van der Waals surface area contributed by atoms with Gasteiger partial charge in [-0.1, -0.05) is 18.2 Å². The monoisotopic (exact) mass is 341 g/mol. The number of hydrogen-bond acceptors (Lipinski definition) is 3. The van der Waals surface area contributed by atoms with Crippen molar-refractivity contribution in [1.82, 2.24) is 0 Å². The molecule has 0 unspecified atom stereocenters. The van der Waals surface area contributed by atoms with Crippen LogP contribution in [0.4, 0.5) is 18.9 Å².